The molecule has 4 N–H and O–H groups in total. The summed E-state index contributed by atoms with van der Waals surface area (Å²) in [7, 11) is -0.369. The number of anilines is 2. The normalized spacial score (nSPS) is 20.4. The zero-order valence-corrected chi connectivity index (χ0v) is 42.6. The van der Waals surface area contributed by atoms with Crippen molar-refractivity contribution in [3.05, 3.63) is 58.7 Å². The molecule has 4 saturated carbocycles. The van der Waals surface area contributed by atoms with Gasteiger partial charge in [-0.15, -0.1) is 0 Å². The van der Waals surface area contributed by atoms with E-state index in [1.54, 1.807) is 0 Å². The molecule has 0 amide bonds. The molecule has 4 nitrogen and oxygen atoms in total. The van der Waals surface area contributed by atoms with Crippen LogP contribution in [0.3, 0.4) is 0 Å². The van der Waals surface area contributed by atoms with Gasteiger partial charge in [0.15, 0.2) is 0 Å². The van der Waals surface area contributed by atoms with E-state index >= 15 is 0 Å². The molecule has 0 saturated heterocycles. The molecule has 0 radical (unpaired) electrons. The number of benzene rings is 2. The predicted molar refractivity (Wildman–Crippen MR) is 275 cm³/mol. The molecule has 6 rings (SSSR count). The summed E-state index contributed by atoms with van der Waals surface area (Å²) in [5.74, 6) is 2.84. The average Bonchev–Trinajstić information content (AvgIpc) is 3.27. The van der Waals surface area contributed by atoms with E-state index in [1.165, 1.54) is 181 Å². The fraction of sp³-hybridized carbons (Fsp3) is 0.782. The van der Waals surface area contributed by atoms with Crippen LogP contribution in [0.5, 0.6) is 0 Å². The van der Waals surface area contributed by atoms with Gasteiger partial charge in [0.25, 0.3) is 0 Å². The number of nitrogens with one attached hydrogen (secondary N) is 4. The molecule has 2 atom stereocenters. The molecule has 0 heterocycles. The topological polar surface area (TPSA) is 48.1 Å². The van der Waals surface area contributed by atoms with Crippen molar-refractivity contribution in [2.45, 2.75) is 261 Å². The van der Waals surface area contributed by atoms with Crippen LogP contribution in [0.4, 0.5) is 11.4 Å². The lowest BCUT2D eigenvalue weighted by Gasteiger charge is -2.44. The number of hydrogen-bond acceptors (Lipinski definition) is 4. The van der Waals surface area contributed by atoms with Crippen LogP contribution < -0.4 is 21.3 Å². The molecule has 2 aromatic rings. The SMILES string of the molecule is CC(C)c1cccc(C(C)C)c1NC(NCCCCCNC(Nc1c(C(C)C)cccc1C(C)C)P(C1CCCCC1)C1CCCCC1)P(C1CCCCC1)C1CCCCC1. The van der Waals surface area contributed by atoms with Crippen LogP contribution in [0.15, 0.2) is 36.4 Å². The quantitative estimate of drug-likeness (QED) is 0.0541. The van der Waals surface area contributed by atoms with E-state index in [9.17, 15) is 0 Å². The molecule has 0 spiro atoms. The molecule has 0 aromatic heterocycles. The van der Waals surface area contributed by atoms with Crippen molar-refractivity contribution in [3.63, 3.8) is 0 Å². The maximum atomic E-state index is 4.41. The second-order valence-corrected chi connectivity index (χ2v) is 27.1. The second-order valence-electron chi connectivity index (χ2n) is 21.4. The van der Waals surface area contributed by atoms with Gasteiger partial charge in [0.05, 0.1) is 11.8 Å². The molecule has 0 aliphatic heterocycles. The van der Waals surface area contributed by atoms with Crippen molar-refractivity contribution < 1.29 is 0 Å². The molecule has 344 valence electrons. The molecule has 2 aromatic carbocycles. The lowest BCUT2D eigenvalue weighted by atomic mass is 9.93. The van der Waals surface area contributed by atoms with Gasteiger partial charge in [-0.25, -0.2) is 0 Å². The molecule has 61 heavy (non-hydrogen) atoms. The third kappa shape index (κ3) is 13.9. The highest BCUT2D eigenvalue weighted by atomic mass is 31.1. The van der Waals surface area contributed by atoms with Gasteiger partial charge in [-0.2, -0.15) is 0 Å². The van der Waals surface area contributed by atoms with Crippen molar-refractivity contribution in [2.75, 3.05) is 23.7 Å². The second kappa shape index (κ2) is 25.5. The Hall–Kier alpha value is -1.18. The Morgan fingerprint density at radius 1 is 0.393 bits per heavy atom. The molecule has 4 fully saturated rings. The first-order chi connectivity index (χ1) is 29.6. The first kappa shape index (κ1) is 49.3. The van der Waals surface area contributed by atoms with Gasteiger partial charge in [-0.1, -0.05) is 191 Å². The van der Waals surface area contributed by atoms with Crippen LogP contribution >= 0.6 is 15.8 Å². The summed E-state index contributed by atoms with van der Waals surface area (Å²) in [6.45, 7) is 21.4. The smallest absolute Gasteiger partial charge is 0.0970 e. The minimum absolute atomic E-state index is 0.185. The Kier molecular flexibility index (Phi) is 20.6. The first-order valence-electron chi connectivity index (χ1n) is 26.4. The van der Waals surface area contributed by atoms with E-state index in [2.05, 4.69) is 113 Å². The summed E-state index contributed by atoms with van der Waals surface area (Å²) in [5.41, 5.74) is 12.6. The molecule has 4 aliphatic rings. The number of para-hydroxylation sites is 2. The minimum atomic E-state index is -0.185. The fourth-order valence-corrected chi connectivity index (χ4v) is 20.0. The van der Waals surface area contributed by atoms with E-state index < -0.39 is 0 Å². The fourth-order valence-electron chi connectivity index (χ4n) is 12.0. The van der Waals surface area contributed by atoms with Gasteiger partial charge in [0.1, 0.15) is 0 Å². The van der Waals surface area contributed by atoms with E-state index in [4.69, 9.17) is 0 Å². The summed E-state index contributed by atoms with van der Waals surface area (Å²) in [4.78, 5) is 0. The summed E-state index contributed by atoms with van der Waals surface area (Å²) >= 11 is 0. The van der Waals surface area contributed by atoms with Crippen molar-refractivity contribution in [1.82, 2.24) is 10.6 Å². The summed E-state index contributed by atoms with van der Waals surface area (Å²) < 4.78 is 0. The van der Waals surface area contributed by atoms with Gasteiger partial charge in [0.2, 0.25) is 0 Å². The molecule has 0 bridgehead atoms. The highest BCUT2D eigenvalue weighted by molar-refractivity contribution is 7.60. The molecular weight excluding hydrogens is 779 g/mol. The lowest BCUT2D eigenvalue weighted by Crippen LogP contribution is -2.42. The lowest BCUT2D eigenvalue weighted by molar-refractivity contribution is 0.474. The Morgan fingerprint density at radius 3 is 0.902 bits per heavy atom. The van der Waals surface area contributed by atoms with Gasteiger partial charge in [-0.05, 0) is 146 Å². The maximum absolute atomic E-state index is 4.41. The van der Waals surface area contributed by atoms with Gasteiger partial charge in [0, 0.05) is 11.4 Å². The maximum Gasteiger partial charge on any atom is 0.0970 e. The molecule has 6 heteroatoms. The van der Waals surface area contributed by atoms with E-state index in [0.717, 1.165) is 35.7 Å². The highest BCUT2D eigenvalue weighted by Gasteiger charge is 2.39. The zero-order valence-electron chi connectivity index (χ0n) is 40.8. The van der Waals surface area contributed by atoms with Crippen LogP contribution in [0.2, 0.25) is 0 Å². The van der Waals surface area contributed by atoms with Gasteiger partial charge < -0.3 is 10.6 Å². The Balaban J connectivity index is 1.18. The number of hydrogen-bond donors (Lipinski definition) is 4. The van der Waals surface area contributed by atoms with Gasteiger partial charge >= 0.3 is 0 Å². The third-order valence-electron chi connectivity index (χ3n) is 15.4. The van der Waals surface area contributed by atoms with E-state index in [0.29, 0.717) is 35.5 Å². The Morgan fingerprint density at radius 2 is 0.656 bits per heavy atom. The largest absolute Gasteiger partial charge is 0.366 e. The van der Waals surface area contributed by atoms with Crippen molar-refractivity contribution >= 4 is 27.2 Å². The van der Waals surface area contributed by atoms with E-state index in [1.807, 2.05) is 0 Å². The molecule has 4 aliphatic carbocycles. The third-order valence-corrected chi connectivity index (χ3v) is 22.7. The average molecular weight is 873 g/mol. The number of rotatable bonds is 22. The summed E-state index contributed by atoms with van der Waals surface area (Å²) in [5, 5.41) is 17.5. The monoisotopic (exact) mass is 873 g/mol. The molecular formula is C55H94N4P2. The Bertz CT molecular complexity index is 1330. The van der Waals surface area contributed by atoms with Crippen molar-refractivity contribution in [3.8, 4) is 0 Å². The highest BCUT2D eigenvalue weighted by Crippen LogP contribution is 2.60. The number of unbranched alkanes of at least 4 members (excludes halogenated alkanes) is 2. The first-order valence-corrected chi connectivity index (χ1v) is 29.5. The van der Waals surface area contributed by atoms with Crippen LogP contribution in [-0.4, -0.2) is 47.5 Å². The minimum Gasteiger partial charge on any atom is -0.366 e. The van der Waals surface area contributed by atoms with E-state index in [-0.39, 0.29) is 15.8 Å². The van der Waals surface area contributed by atoms with Crippen LogP contribution in [-0.2, 0) is 0 Å². The summed E-state index contributed by atoms with van der Waals surface area (Å²) in [6.07, 6.45) is 32.7. The van der Waals surface area contributed by atoms with Crippen LogP contribution in [0.25, 0.3) is 0 Å². The van der Waals surface area contributed by atoms with Crippen molar-refractivity contribution in [1.29, 1.82) is 0 Å². The van der Waals surface area contributed by atoms with Crippen LogP contribution in [0, 0.1) is 0 Å². The molecule has 2 unspecified atom stereocenters. The summed E-state index contributed by atoms with van der Waals surface area (Å²) in [6, 6.07) is 14.3. The predicted octanol–water partition coefficient (Wildman–Crippen LogP) is 16.9. The van der Waals surface area contributed by atoms with Crippen molar-refractivity contribution in [2.24, 2.45) is 0 Å². The Labute approximate surface area is 379 Å². The zero-order chi connectivity index (χ0) is 43.1. The van der Waals surface area contributed by atoms with Gasteiger partial charge in [-0.3, -0.25) is 10.6 Å². The standard InChI is InChI=1S/C55H94N4P2/c1-40(2)48-34-24-35-49(41(3)4)52(48)58-54(60(44-26-14-9-15-27-44)45-28-16-10-17-29-45)56-38-22-13-23-39-57-55(59-53-50(42(5)6)36-25-37-51(53)43(7)8)61(46-30-18-11-19-31-46)47-32-20-12-21-33-47/h24-25,34-37,40-47,54-59H,9-23,26-33,38-39H2,1-8H3. The van der Waals surface area contributed by atoms with Crippen LogP contribution in [0.1, 0.15) is 249 Å².